The minimum absolute atomic E-state index is 0.237. The molecule has 0 aliphatic heterocycles. The number of carbonyl (C=O) groups excluding carboxylic acids is 2. The van der Waals surface area contributed by atoms with Gasteiger partial charge in [-0.25, -0.2) is 0 Å². The molecule has 0 spiro atoms. The maximum atomic E-state index is 12.2. The molecule has 0 bridgehead atoms. The Labute approximate surface area is 131 Å². The third kappa shape index (κ3) is 5.76. The van der Waals surface area contributed by atoms with E-state index in [4.69, 9.17) is 14.2 Å². The van der Waals surface area contributed by atoms with Crippen molar-refractivity contribution < 1.29 is 23.8 Å². The van der Waals surface area contributed by atoms with Crippen LogP contribution in [0.25, 0.3) is 0 Å². The fourth-order valence-electron chi connectivity index (χ4n) is 1.89. The van der Waals surface area contributed by atoms with Crippen molar-refractivity contribution in [1.82, 2.24) is 0 Å². The summed E-state index contributed by atoms with van der Waals surface area (Å²) in [6.45, 7) is 6.98. The zero-order valence-corrected chi connectivity index (χ0v) is 13.8. The summed E-state index contributed by atoms with van der Waals surface area (Å²) in [5.41, 5.74) is 0.840. The van der Waals surface area contributed by atoms with Crippen LogP contribution in [0.3, 0.4) is 0 Å². The van der Waals surface area contributed by atoms with Gasteiger partial charge in [0.25, 0.3) is 0 Å². The Balaban J connectivity index is 2.88. The Kier molecular flexibility index (Phi) is 6.89. The van der Waals surface area contributed by atoms with Gasteiger partial charge in [0.2, 0.25) is 0 Å². The standard InChI is InChI=1S/C17H24O5/c1-11(2)21-16(18)15(17(19)22-12(3)4)10-13-6-8-14(20-5)9-7-13/h6-9,11-12,15H,10H2,1-5H3. The maximum absolute atomic E-state index is 12.2. The van der Waals surface area contributed by atoms with E-state index < -0.39 is 17.9 Å². The van der Waals surface area contributed by atoms with Crippen molar-refractivity contribution in [2.24, 2.45) is 5.92 Å². The van der Waals surface area contributed by atoms with Crippen molar-refractivity contribution in [2.45, 2.75) is 46.3 Å². The first-order valence-corrected chi connectivity index (χ1v) is 7.37. The molecule has 0 aromatic heterocycles. The first-order chi connectivity index (χ1) is 10.3. The van der Waals surface area contributed by atoms with Gasteiger partial charge >= 0.3 is 11.9 Å². The van der Waals surface area contributed by atoms with Crippen LogP contribution in [0, 0.1) is 5.92 Å². The summed E-state index contributed by atoms with van der Waals surface area (Å²) in [6, 6.07) is 7.20. The molecule has 0 aliphatic rings. The van der Waals surface area contributed by atoms with Crippen molar-refractivity contribution in [3.05, 3.63) is 29.8 Å². The van der Waals surface area contributed by atoms with E-state index in [1.54, 1.807) is 46.9 Å². The summed E-state index contributed by atoms with van der Waals surface area (Å²) in [5.74, 6) is -1.36. The van der Waals surface area contributed by atoms with Gasteiger partial charge < -0.3 is 14.2 Å². The average molecular weight is 308 g/mol. The predicted molar refractivity (Wildman–Crippen MR) is 82.6 cm³/mol. The second-order valence-corrected chi connectivity index (χ2v) is 5.58. The fourth-order valence-corrected chi connectivity index (χ4v) is 1.89. The Morgan fingerprint density at radius 2 is 1.36 bits per heavy atom. The van der Waals surface area contributed by atoms with Gasteiger partial charge in [-0.1, -0.05) is 12.1 Å². The molecule has 5 nitrogen and oxygen atoms in total. The van der Waals surface area contributed by atoms with Crippen LogP contribution in [-0.4, -0.2) is 31.3 Å². The number of esters is 2. The number of hydrogen-bond acceptors (Lipinski definition) is 5. The number of benzene rings is 1. The van der Waals surface area contributed by atoms with Gasteiger partial charge in [0, 0.05) is 0 Å². The van der Waals surface area contributed by atoms with Crippen molar-refractivity contribution in [3.63, 3.8) is 0 Å². The monoisotopic (exact) mass is 308 g/mol. The Hall–Kier alpha value is -2.04. The molecule has 0 atom stereocenters. The second kappa shape index (κ2) is 8.41. The van der Waals surface area contributed by atoms with Gasteiger partial charge in [0.05, 0.1) is 19.3 Å². The van der Waals surface area contributed by atoms with Crippen molar-refractivity contribution in [3.8, 4) is 5.75 Å². The van der Waals surface area contributed by atoms with Crippen LogP contribution in [0.5, 0.6) is 5.75 Å². The van der Waals surface area contributed by atoms with E-state index in [0.29, 0.717) is 0 Å². The number of methoxy groups -OCH3 is 1. The van der Waals surface area contributed by atoms with Gasteiger partial charge in [-0.3, -0.25) is 9.59 Å². The largest absolute Gasteiger partial charge is 0.497 e. The van der Waals surface area contributed by atoms with E-state index in [9.17, 15) is 9.59 Å². The molecule has 5 heteroatoms. The molecule has 0 fully saturated rings. The lowest BCUT2D eigenvalue weighted by Gasteiger charge is -2.18. The van der Waals surface area contributed by atoms with E-state index in [0.717, 1.165) is 11.3 Å². The molecule has 0 amide bonds. The molecular weight excluding hydrogens is 284 g/mol. The molecule has 1 aromatic carbocycles. The summed E-state index contributed by atoms with van der Waals surface area (Å²) in [5, 5.41) is 0. The van der Waals surface area contributed by atoms with Gasteiger partial charge in [-0.05, 0) is 51.8 Å². The highest BCUT2D eigenvalue weighted by Crippen LogP contribution is 2.17. The Morgan fingerprint density at radius 3 is 1.73 bits per heavy atom. The highest BCUT2D eigenvalue weighted by Gasteiger charge is 2.31. The zero-order chi connectivity index (χ0) is 16.7. The minimum Gasteiger partial charge on any atom is -0.497 e. The third-order valence-corrected chi connectivity index (χ3v) is 2.87. The van der Waals surface area contributed by atoms with Crippen LogP contribution in [0.1, 0.15) is 33.3 Å². The molecule has 0 saturated heterocycles. The van der Waals surface area contributed by atoms with E-state index in [-0.39, 0.29) is 18.6 Å². The molecular formula is C17H24O5. The zero-order valence-electron chi connectivity index (χ0n) is 13.8. The van der Waals surface area contributed by atoms with Crippen LogP contribution < -0.4 is 4.74 Å². The fraction of sp³-hybridized carbons (Fsp3) is 0.529. The molecule has 1 aromatic rings. The molecule has 22 heavy (non-hydrogen) atoms. The van der Waals surface area contributed by atoms with Crippen LogP contribution >= 0.6 is 0 Å². The molecule has 0 N–H and O–H groups in total. The maximum Gasteiger partial charge on any atom is 0.320 e. The number of ether oxygens (including phenoxy) is 3. The highest BCUT2D eigenvalue weighted by molar-refractivity contribution is 5.95. The van der Waals surface area contributed by atoms with Gasteiger partial charge in [-0.15, -0.1) is 0 Å². The lowest BCUT2D eigenvalue weighted by Crippen LogP contribution is -2.32. The molecule has 0 aliphatic carbocycles. The SMILES string of the molecule is COc1ccc(CC(C(=O)OC(C)C)C(=O)OC(C)C)cc1. The topological polar surface area (TPSA) is 61.8 Å². The molecule has 1 rings (SSSR count). The van der Waals surface area contributed by atoms with Crippen LogP contribution in [0.15, 0.2) is 24.3 Å². The molecule has 122 valence electrons. The summed E-state index contributed by atoms with van der Waals surface area (Å²) in [6.07, 6.45) is -0.323. The molecule has 0 heterocycles. The quantitative estimate of drug-likeness (QED) is 0.572. The van der Waals surface area contributed by atoms with E-state index in [1.807, 2.05) is 12.1 Å². The molecule has 0 saturated carbocycles. The van der Waals surface area contributed by atoms with E-state index in [1.165, 1.54) is 0 Å². The van der Waals surface area contributed by atoms with Gasteiger partial charge in [-0.2, -0.15) is 0 Å². The molecule has 0 radical (unpaired) electrons. The van der Waals surface area contributed by atoms with E-state index in [2.05, 4.69) is 0 Å². The van der Waals surface area contributed by atoms with Crippen LogP contribution in [-0.2, 0) is 25.5 Å². The van der Waals surface area contributed by atoms with Crippen molar-refractivity contribution in [2.75, 3.05) is 7.11 Å². The summed E-state index contributed by atoms with van der Waals surface area (Å²) < 4.78 is 15.4. The summed E-state index contributed by atoms with van der Waals surface area (Å²) in [7, 11) is 1.58. The number of carbonyl (C=O) groups is 2. The first-order valence-electron chi connectivity index (χ1n) is 7.37. The smallest absolute Gasteiger partial charge is 0.320 e. The lowest BCUT2D eigenvalue weighted by atomic mass is 9.99. The predicted octanol–water partition coefficient (Wildman–Crippen LogP) is 2.76. The number of rotatable bonds is 7. The first kappa shape index (κ1) is 18.0. The Bertz CT molecular complexity index is 468. The van der Waals surface area contributed by atoms with Gasteiger partial charge in [0.1, 0.15) is 5.75 Å². The average Bonchev–Trinajstić information content (AvgIpc) is 2.43. The van der Waals surface area contributed by atoms with Crippen LogP contribution in [0.2, 0.25) is 0 Å². The third-order valence-electron chi connectivity index (χ3n) is 2.87. The molecule has 0 unspecified atom stereocenters. The van der Waals surface area contributed by atoms with E-state index >= 15 is 0 Å². The second-order valence-electron chi connectivity index (χ2n) is 5.58. The number of hydrogen-bond donors (Lipinski definition) is 0. The lowest BCUT2D eigenvalue weighted by molar-refractivity contribution is -0.166. The van der Waals surface area contributed by atoms with Crippen molar-refractivity contribution >= 4 is 11.9 Å². The van der Waals surface area contributed by atoms with Crippen molar-refractivity contribution in [1.29, 1.82) is 0 Å². The Morgan fingerprint density at radius 1 is 0.909 bits per heavy atom. The summed E-state index contributed by atoms with van der Waals surface area (Å²) in [4.78, 5) is 24.3. The normalized spacial score (nSPS) is 10.9. The summed E-state index contributed by atoms with van der Waals surface area (Å²) >= 11 is 0. The highest BCUT2D eigenvalue weighted by atomic mass is 16.6. The van der Waals surface area contributed by atoms with Gasteiger partial charge in [0.15, 0.2) is 5.92 Å². The van der Waals surface area contributed by atoms with Crippen LogP contribution in [0.4, 0.5) is 0 Å². The minimum atomic E-state index is -0.960.